The second kappa shape index (κ2) is 7.72. The number of aryl methyl sites for hydroxylation is 1. The van der Waals surface area contributed by atoms with Crippen molar-refractivity contribution < 1.29 is 4.79 Å². The number of pyridine rings is 1. The van der Waals surface area contributed by atoms with Gasteiger partial charge >= 0.3 is 0 Å². The Morgan fingerprint density at radius 2 is 1.93 bits per heavy atom. The molecule has 0 radical (unpaired) electrons. The standard InChI is InChI=1S/C24H27N3O/c1-17-8-10-19(11-9-17)23-14-21(20-6-4-5-7-22(20)25-23)24(28)27(3)16-18-12-13-26(2)15-18/h4-11,14,18H,12-13,15-16H2,1-3H3. The van der Waals surface area contributed by atoms with E-state index in [2.05, 4.69) is 43.1 Å². The first kappa shape index (κ1) is 18.6. The number of fused-ring (bicyclic) bond motifs is 1. The van der Waals surface area contributed by atoms with Crippen LogP contribution in [0.5, 0.6) is 0 Å². The first-order chi connectivity index (χ1) is 13.5. The maximum Gasteiger partial charge on any atom is 0.254 e. The Hall–Kier alpha value is -2.72. The fourth-order valence-electron chi connectivity index (χ4n) is 4.08. The molecule has 1 saturated heterocycles. The van der Waals surface area contributed by atoms with E-state index < -0.39 is 0 Å². The highest BCUT2D eigenvalue weighted by molar-refractivity contribution is 6.07. The molecule has 3 aromatic rings. The Labute approximate surface area is 166 Å². The topological polar surface area (TPSA) is 36.4 Å². The average molecular weight is 374 g/mol. The monoisotopic (exact) mass is 373 g/mol. The maximum absolute atomic E-state index is 13.4. The van der Waals surface area contributed by atoms with Crippen molar-refractivity contribution in [1.29, 1.82) is 0 Å². The van der Waals surface area contributed by atoms with Crippen LogP contribution in [0.15, 0.2) is 54.6 Å². The highest BCUT2D eigenvalue weighted by atomic mass is 16.2. The summed E-state index contributed by atoms with van der Waals surface area (Å²) in [6.07, 6.45) is 1.15. The molecule has 0 N–H and O–H groups in total. The number of hydrogen-bond acceptors (Lipinski definition) is 3. The van der Waals surface area contributed by atoms with Gasteiger partial charge in [0.1, 0.15) is 0 Å². The summed E-state index contributed by atoms with van der Waals surface area (Å²) in [5, 5.41) is 0.916. The van der Waals surface area contributed by atoms with E-state index in [1.165, 1.54) is 5.56 Å². The third-order valence-corrected chi connectivity index (χ3v) is 5.66. The molecule has 1 amide bonds. The Morgan fingerprint density at radius 1 is 1.18 bits per heavy atom. The van der Waals surface area contributed by atoms with Gasteiger partial charge in [0.15, 0.2) is 0 Å². The minimum absolute atomic E-state index is 0.0708. The summed E-state index contributed by atoms with van der Waals surface area (Å²) in [6, 6.07) is 18.2. The molecule has 1 aliphatic heterocycles. The molecule has 0 aliphatic carbocycles. The highest BCUT2D eigenvalue weighted by Gasteiger charge is 2.24. The van der Waals surface area contributed by atoms with E-state index in [0.717, 1.165) is 53.8 Å². The number of para-hydroxylation sites is 1. The predicted octanol–water partition coefficient (Wildman–Crippen LogP) is 4.23. The van der Waals surface area contributed by atoms with Crippen molar-refractivity contribution in [3.8, 4) is 11.3 Å². The number of amides is 1. The molecule has 28 heavy (non-hydrogen) atoms. The number of likely N-dealkylation sites (tertiary alicyclic amines) is 1. The molecule has 1 atom stereocenters. The van der Waals surface area contributed by atoms with Gasteiger partial charge in [0, 0.05) is 31.1 Å². The number of benzene rings is 2. The van der Waals surface area contributed by atoms with Crippen LogP contribution >= 0.6 is 0 Å². The lowest BCUT2D eigenvalue weighted by Gasteiger charge is -2.22. The molecular formula is C24H27N3O. The molecule has 1 aliphatic rings. The number of nitrogens with zero attached hydrogens (tertiary/aromatic N) is 3. The zero-order valence-corrected chi connectivity index (χ0v) is 16.9. The first-order valence-corrected chi connectivity index (χ1v) is 9.92. The third kappa shape index (κ3) is 3.78. The highest BCUT2D eigenvalue weighted by Crippen LogP contribution is 2.26. The number of rotatable bonds is 4. The first-order valence-electron chi connectivity index (χ1n) is 9.92. The van der Waals surface area contributed by atoms with Crippen LogP contribution in [0.4, 0.5) is 0 Å². The SMILES string of the molecule is Cc1ccc(-c2cc(C(=O)N(C)CC3CCN(C)C3)c3ccccc3n2)cc1. The summed E-state index contributed by atoms with van der Waals surface area (Å²) < 4.78 is 0. The lowest BCUT2D eigenvalue weighted by atomic mass is 10.0. The number of carbonyl (C=O) groups excluding carboxylic acids is 1. The van der Waals surface area contributed by atoms with Gasteiger partial charge in [0.05, 0.1) is 16.8 Å². The molecule has 2 heterocycles. The van der Waals surface area contributed by atoms with Crippen LogP contribution in [0.1, 0.15) is 22.3 Å². The van der Waals surface area contributed by atoms with Gasteiger partial charge in [-0.2, -0.15) is 0 Å². The van der Waals surface area contributed by atoms with E-state index in [-0.39, 0.29) is 5.91 Å². The zero-order chi connectivity index (χ0) is 19.7. The van der Waals surface area contributed by atoms with Crippen LogP contribution in [0.25, 0.3) is 22.2 Å². The second-order valence-corrected chi connectivity index (χ2v) is 8.04. The molecular weight excluding hydrogens is 346 g/mol. The smallest absolute Gasteiger partial charge is 0.254 e. The van der Waals surface area contributed by atoms with Gasteiger partial charge in [-0.15, -0.1) is 0 Å². The van der Waals surface area contributed by atoms with Gasteiger partial charge in [0.2, 0.25) is 0 Å². The van der Waals surface area contributed by atoms with Crippen molar-refractivity contribution in [2.75, 3.05) is 33.7 Å². The van der Waals surface area contributed by atoms with Gasteiger partial charge in [-0.1, -0.05) is 48.0 Å². The second-order valence-electron chi connectivity index (χ2n) is 8.04. The molecule has 4 rings (SSSR count). The molecule has 1 aromatic heterocycles. The normalized spacial score (nSPS) is 17.2. The summed E-state index contributed by atoms with van der Waals surface area (Å²) in [7, 11) is 4.06. The van der Waals surface area contributed by atoms with Crippen molar-refractivity contribution in [2.45, 2.75) is 13.3 Å². The average Bonchev–Trinajstić information content (AvgIpc) is 3.11. The molecule has 4 heteroatoms. The van der Waals surface area contributed by atoms with Crippen molar-refractivity contribution in [2.24, 2.45) is 5.92 Å². The molecule has 1 unspecified atom stereocenters. The largest absolute Gasteiger partial charge is 0.341 e. The molecule has 2 aromatic carbocycles. The minimum Gasteiger partial charge on any atom is -0.341 e. The van der Waals surface area contributed by atoms with Crippen LogP contribution in [0, 0.1) is 12.8 Å². The van der Waals surface area contributed by atoms with E-state index in [9.17, 15) is 4.79 Å². The number of carbonyl (C=O) groups is 1. The number of hydrogen-bond donors (Lipinski definition) is 0. The van der Waals surface area contributed by atoms with Gasteiger partial charge in [0.25, 0.3) is 5.91 Å². The molecule has 4 nitrogen and oxygen atoms in total. The summed E-state index contributed by atoms with van der Waals surface area (Å²) in [4.78, 5) is 22.4. The summed E-state index contributed by atoms with van der Waals surface area (Å²) in [5.74, 6) is 0.616. The maximum atomic E-state index is 13.4. The van der Waals surface area contributed by atoms with Gasteiger partial charge in [-0.25, -0.2) is 4.98 Å². The third-order valence-electron chi connectivity index (χ3n) is 5.66. The van der Waals surface area contributed by atoms with Crippen LogP contribution in [0.2, 0.25) is 0 Å². The van der Waals surface area contributed by atoms with Crippen molar-refractivity contribution in [1.82, 2.24) is 14.8 Å². The molecule has 1 fully saturated rings. The van der Waals surface area contributed by atoms with Crippen LogP contribution < -0.4 is 0 Å². The Kier molecular flexibility index (Phi) is 5.14. The van der Waals surface area contributed by atoms with Crippen LogP contribution in [-0.4, -0.2) is 54.4 Å². The van der Waals surface area contributed by atoms with E-state index in [4.69, 9.17) is 4.98 Å². The van der Waals surface area contributed by atoms with Gasteiger partial charge in [-0.05, 0) is 45.0 Å². The fraction of sp³-hybridized carbons (Fsp3) is 0.333. The summed E-state index contributed by atoms with van der Waals surface area (Å²) in [5.41, 5.74) is 4.68. The predicted molar refractivity (Wildman–Crippen MR) is 114 cm³/mol. The van der Waals surface area contributed by atoms with Crippen molar-refractivity contribution >= 4 is 16.8 Å². The molecule has 144 valence electrons. The minimum atomic E-state index is 0.0708. The molecule has 0 spiro atoms. The van der Waals surface area contributed by atoms with E-state index in [0.29, 0.717) is 5.92 Å². The molecule has 0 saturated carbocycles. The fourth-order valence-corrected chi connectivity index (χ4v) is 4.08. The lowest BCUT2D eigenvalue weighted by Crippen LogP contribution is -2.33. The Balaban J connectivity index is 1.70. The van der Waals surface area contributed by atoms with Crippen LogP contribution in [-0.2, 0) is 0 Å². The number of aromatic nitrogens is 1. The van der Waals surface area contributed by atoms with E-state index in [1.807, 2.05) is 42.3 Å². The lowest BCUT2D eigenvalue weighted by molar-refractivity contribution is 0.0776. The van der Waals surface area contributed by atoms with Crippen molar-refractivity contribution in [3.63, 3.8) is 0 Å². The summed E-state index contributed by atoms with van der Waals surface area (Å²) >= 11 is 0. The summed E-state index contributed by atoms with van der Waals surface area (Å²) in [6.45, 7) is 5.04. The Morgan fingerprint density at radius 3 is 2.64 bits per heavy atom. The van der Waals surface area contributed by atoms with Crippen molar-refractivity contribution in [3.05, 3.63) is 65.7 Å². The zero-order valence-electron chi connectivity index (χ0n) is 16.9. The van der Waals surface area contributed by atoms with Gasteiger partial charge < -0.3 is 9.80 Å². The molecule has 0 bridgehead atoms. The van der Waals surface area contributed by atoms with Gasteiger partial charge in [-0.3, -0.25) is 4.79 Å². The van der Waals surface area contributed by atoms with Crippen LogP contribution in [0.3, 0.4) is 0 Å². The quantitative estimate of drug-likeness (QED) is 0.686. The van der Waals surface area contributed by atoms with E-state index in [1.54, 1.807) is 0 Å². The Bertz CT molecular complexity index is 996. The van der Waals surface area contributed by atoms with E-state index >= 15 is 0 Å².